The van der Waals surface area contributed by atoms with Crippen molar-refractivity contribution in [2.75, 3.05) is 6.54 Å². The third-order valence-electron chi connectivity index (χ3n) is 9.06. The van der Waals surface area contributed by atoms with Gasteiger partial charge < -0.3 is 0 Å². The van der Waals surface area contributed by atoms with Crippen molar-refractivity contribution in [1.29, 1.82) is 0 Å². The zero-order valence-corrected chi connectivity index (χ0v) is 29.1. The van der Waals surface area contributed by atoms with Crippen molar-refractivity contribution in [3.63, 3.8) is 0 Å². The number of benzene rings is 3. The number of aryl methyl sites for hydroxylation is 3. The van der Waals surface area contributed by atoms with Crippen molar-refractivity contribution in [3.05, 3.63) is 94.2 Å². The summed E-state index contributed by atoms with van der Waals surface area (Å²) in [5.74, 6) is 0. The van der Waals surface area contributed by atoms with Crippen molar-refractivity contribution >= 4 is 11.8 Å². The molecule has 0 unspecified atom stereocenters. The Labute approximate surface area is 270 Å². The lowest BCUT2D eigenvalue weighted by Gasteiger charge is -2.14. The van der Waals surface area contributed by atoms with Crippen LogP contribution in [-0.2, 0) is 19.3 Å². The fourth-order valence-electron chi connectivity index (χ4n) is 6.31. The second kappa shape index (κ2) is 20.1. The monoisotopic (exact) mass is 593 g/mol. The van der Waals surface area contributed by atoms with Crippen LogP contribution in [0.2, 0.25) is 0 Å². The SMILES string of the molecule is CCCCCCCCc1cc(C=C[N+](CC)=Nc2cc(CCCCCC)c(C)c(-c3ccccc3)c2)cc(C)c1CCCC. The van der Waals surface area contributed by atoms with E-state index in [9.17, 15) is 0 Å². The predicted molar refractivity (Wildman–Crippen MR) is 193 cm³/mol. The van der Waals surface area contributed by atoms with Gasteiger partial charge in [-0.25, -0.2) is 0 Å². The molecule has 0 saturated heterocycles. The molecule has 0 bridgehead atoms. The highest BCUT2D eigenvalue weighted by Crippen LogP contribution is 2.32. The lowest BCUT2D eigenvalue weighted by Crippen LogP contribution is -2.01. The van der Waals surface area contributed by atoms with Crippen molar-refractivity contribution in [1.82, 2.24) is 0 Å². The molecule has 0 aliphatic carbocycles. The van der Waals surface area contributed by atoms with E-state index in [1.807, 2.05) is 0 Å². The molecule has 0 aliphatic rings. The zero-order chi connectivity index (χ0) is 31.6. The van der Waals surface area contributed by atoms with E-state index in [1.54, 1.807) is 11.1 Å². The standard InChI is InChI=1S/C42H61N2/c1-7-11-14-16-17-20-26-39-31-36(30-34(5)41(39)27-13-9-3)28-29-44(10-4)43-40-32-38(25-19-15-12-8-2)35(6)42(33-40)37-23-21-18-22-24-37/h18,21-24,28-33H,7-17,19-20,25-27H2,1-6H3/q+1. The van der Waals surface area contributed by atoms with Gasteiger partial charge in [-0.3, -0.25) is 0 Å². The van der Waals surface area contributed by atoms with Crippen LogP contribution in [-0.4, -0.2) is 11.2 Å². The number of nitrogens with zero attached hydrogens (tertiary/aromatic N) is 2. The highest BCUT2D eigenvalue weighted by atomic mass is 15.2. The van der Waals surface area contributed by atoms with Crippen LogP contribution in [0.5, 0.6) is 0 Å². The van der Waals surface area contributed by atoms with Crippen LogP contribution in [0.4, 0.5) is 5.69 Å². The highest BCUT2D eigenvalue weighted by Gasteiger charge is 2.13. The molecule has 2 nitrogen and oxygen atoms in total. The van der Waals surface area contributed by atoms with Gasteiger partial charge in [-0.15, -0.1) is 0 Å². The zero-order valence-electron chi connectivity index (χ0n) is 29.1. The fraction of sp³-hybridized carbons (Fsp3) is 0.524. The van der Waals surface area contributed by atoms with Gasteiger partial charge in [-0.2, -0.15) is 0 Å². The first-order chi connectivity index (χ1) is 21.5. The molecule has 0 atom stereocenters. The summed E-state index contributed by atoms with van der Waals surface area (Å²) in [4.78, 5) is 0. The minimum Gasteiger partial charge on any atom is -0.0910 e. The molecule has 3 rings (SSSR count). The Morgan fingerprint density at radius 3 is 1.95 bits per heavy atom. The second-order valence-electron chi connectivity index (χ2n) is 12.7. The summed E-state index contributed by atoms with van der Waals surface area (Å²) in [5.41, 5.74) is 12.3. The van der Waals surface area contributed by atoms with E-state index in [0.717, 1.165) is 18.7 Å². The van der Waals surface area contributed by atoms with Gasteiger partial charge >= 0.3 is 0 Å². The molecular formula is C42H61N2+. The predicted octanol–water partition coefficient (Wildman–Crippen LogP) is 13.1. The number of unbranched alkanes of at least 4 members (excludes halogenated alkanes) is 9. The van der Waals surface area contributed by atoms with Crippen LogP contribution in [0.3, 0.4) is 0 Å². The van der Waals surface area contributed by atoms with Gasteiger partial charge in [0.2, 0.25) is 0 Å². The number of hydrogen-bond donors (Lipinski definition) is 0. The molecule has 0 saturated carbocycles. The van der Waals surface area contributed by atoms with Crippen molar-refractivity contribution in [2.45, 2.75) is 138 Å². The van der Waals surface area contributed by atoms with E-state index in [-0.39, 0.29) is 0 Å². The van der Waals surface area contributed by atoms with Gasteiger partial charge in [0.15, 0.2) is 12.7 Å². The summed E-state index contributed by atoms with van der Waals surface area (Å²) in [6.07, 6.45) is 23.6. The van der Waals surface area contributed by atoms with E-state index in [1.165, 1.54) is 123 Å². The molecule has 0 fully saturated rings. The number of hydrogen-bond acceptors (Lipinski definition) is 1. The van der Waals surface area contributed by atoms with Gasteiger partial charge in [-0.1, -0.05) is 126 Å². The Hall–Kier alpha value is -3.00. The molecule has 0 amide bonds. The Morgan fingerprint density at radius 1 is 0.636 bits per heavy atom. The summed E-state index contributed by atoms with van der Waals surface area (Å²) in [6, 6.07) is 20.3. The van der Waals surface area contributed by atoms with E-state index in [0.29, 0.717) is 0 Å². The second-order valence-corrected chi connectivity index (χ2v) is 12.7. The summed E-state index contributed by atoms with van der Waals surface area (Å²) in [7, 11) is 0. The third-order valence-corrected chi connectivity index (χ3v) is 9.06. The van der Waals surface area contributed by atoms with Crippen LogP contribution < -0.4 is 0 Å². The maximum Gasteiger partial charge on any atom is 0.196 e. The fourth-order valence-corrected chi connectivity index (χ4v) is 6.31. The van der Waals surface area contributed by atoms with E-state index < -0.39 is 0 Å². The average Bonchev–Trinajstić information content (AvgIpc) is 3.04. The van der Waals surface area contributed by atoms with Crippen molar-refractivity contribution in [3.8, 4) is 11.1 Å². The molecule has 3 aromatic rings. The van der Waals surface area contributed by atoms with Gasteiger partial charge in [0, 0.05) is 6.08 Å². The Morgan fingerprint density at radius 2 is 1.27 bits per heavy atom. The molecule has 2 heteroatoms. The third kappa shape index (κ3) is 11.5. The molecule has 0 aromatic heterocycles. The quantitative estimate of drug-likeness (QED) is 0.0703. The molecule has 0 heterocycles. The summed E-state index contributed by atoms with van der Waals surface area (Å²) >= 11 is 0. The first-order valence-corrected chi connectivity index (χ1v) is 18.0. The van der Waals surface area contributed by atoms with Crippen LogP contribution >= 0.6 is 0 Å². The molecular weight excluding hydrogens is 532 g/mol. The molecule has 3 aromatic carbocycles. The smallest absolute Gasteiger partial charge is 0.0910 e. The average molecular weight is 594 g/mol. The van der Waals surface area contributed by atoms with Gasteiger partial charge in [-0.05, 0) is 121 Å². The minimum atomic E-state index is 0.828. The molecule has 0 aliphatic heterocycles. The topological polar surface area (TPSA) is 15.4 Å². The van der Waals surface area contributed by atoms with Crippen LogP contribution in [0.25, 0.3) is 17.2 Å². The Balaban J connectivity index is 1.88. The number of rotatable bonds is 20. The number of azo groups is 2. The highest BCUT2D eigenvalue weighted by molar-refractivity contribution is 5.72. The summed E-state index contributed by atoms with van der Waals surface area (Å²) < 4.78 is 2.11. The van der Waals surface area contributed by atoms with E-state index >= 15 is 0 Å². The Kier molecular flexibility index (Phi) is 16.2. The van der Waals surface area contributed by atoms with Crippen molar-refractivity contribution in [2.24, 2.45) is 5.11 Å². The largest absolute Gasteiger partial charge is 0.196 e. The molecule has 44 heavy (non-hydrogen) atoms. The molecule has 0 radical (unpaired) electrons. The lowest BCUT2D eigenvalue weighted by molar-refractivity contribution is -0.519. The minimum absolute atomic E-state index is 0.828. The maximum absolute atomic E-state index is 5.16. The molecule has 0 N–H and O–H groups in total. The van der Waals surface area contributed by atoms with Crippen LogP contribution in [0.1, 0.15) is 138 Å². The normalized spacial score (nSPS) is 12.0. The van der Waals surface area contributed by atoms with Gasteiger partial charge in [0.05, 0.1) is 0 Å². The van der Waals surface area contributed by atoms with E-state index in [2.05, 4.69) is 113 Å². The van der Waals surface area contributed by atoms with Crippen LogP contribution in [0, 0.1) is 13.8 Å². The molecule has 0 spiro atoms. The summed E-state index contributed by atoms with van der Waals surface area (Å²) in [6.45, 7) is 14.5. The first kappa shape index (κ1) is 35.5. The molecule has 238 valence electrons. The Bertz CT molecular complexity index is 1320. The van der Waals surface area contributed by atoms with Crippen LogP contribution in [0.15, 0.2) is 65.9 Å². The van der Waals surface area contributed by atoms with E-state index in [4.69, 9.17) is 5.11 Å². The van der Waals surface area contributed by atoms with Gasteiger partial charge in [0.25, 0.3) is 0 Å². The van der Waals surface area contributed by atoms with Crippen molar-refractivity contribution < 1.29 is 4.70 Å². The first-order valence-electron chi connectivity index (χ1n) is 18.0. The van der Waals surface area contributed by atoms with Gasteiger partial charge in [0.1, 0.15) is 5.69 Å². The lowest BCUT2D eigenvalue weighted by atomic mass is 9.91. The maximum atomic E-state index is 5.16. The summed E-state index contributed by atoms with van der Waals surface area (Å²) in [5, 5.41) is 5.16.